The number of carbonyl (C=O) groups excluding carboxylic acids is 1. The minimum absolute atomic E-state index is 0.0205. The Bertz CT molecular complexity index is 1580. The highest BCUT2D eigenvalue weighted by molar-refractivity contribution is 9.10. The van der Waals surface area contributed by atoms with Gasteiger partial charge in [0, 0.05) is 15.1 Å². The number of allylic oxidation sites excluding steroid dienone is 1. The molecule has 8 nitrogen and oxygen atoms in total. The molecule has 3 aromatic rings. The van der Waals surface area contributed by atoms with Gasteiger partial charge in [0.05, 0.1) is 42.7 Å². The molecular weight excluding hydrogens is 572 g/mol. The predicted molar refractivity (Wildman–Crippen MR) is 141 cm³/mol. The number of hydrogen-bond acceptors (Lipinski definition) is 8. The maximum Gasteiger partial charge on any atom is 0.338 e. The molecule has 1 N–H and O–H groups in total. The maximum atomic E-state index is 13.7. The molecule has 36 heavy (non-hydrogen) atoms. The normalized spacial score (nSPS) is 15.4. The molecule has 2 heterocycles. The Balaban J connectivity index is 2.03. The van der Waals surface area contributed by atoms with Crippen molar-refractivity contribution in [2.75, 3.05) is 20.8 Å². The highest BCUT2D eigenvalue weighted by Gasteiger charge is 2.35. The van der Waals surface area contributed by atoms with E-state index in [4.69, 9.17) is 25.8 Å². The molecule has 0 saturated heterocycles. The van der Waals surface area contributed by atoms with Crippen LogP contribution >= 0.6 is 38.9 Å². The molecule has 0 spiro atoms. The first kappa shape index (κ1) is 26.0. The molecule has 188 valence electrons. The van der Waals surface area contributed by atoms with E-state index in [1.807, 2.05) is 0 Å². The van der Waals surface area contributed by atoms with Crippen molar-refractivity contribution < 1.29 is 24.1 Å². The molecule has 0 aliphatic carbocycles. The first-order valence-electron chi connectivity index (χ1n) is 10.8. The smallest absolute Gasteiger partial charge is 0.338 e. The molecular formula is C25H22BrClN2O6S. The molecule has 11 heteroatoms. The monoisotopic (exact) mass is 592 g/mol. The predicted octanol–water partition coefficient (Wildman–Crippen LogP) is 3.94. The topological polar surface area (TPSA) is 99.4 Å². The summed E-state index contributed by atoms with van der Waals surface area (Å²) in [4.78, 5) is 31.8. The van der Waals surface area contributed by atoms with Gasteiger partial charge in [0.2, 0.25) is 0 Å². The highest BCUT2D eigenvalue weighted by Crippen LogP contribution is 2.40. The number of carbonyl (C=O) groups is 1. The van der Waals surface area contributed by atoms with Crippen LogP contribution in [0.25, 0.3) is 6.08 Å². The van der Waals surface area contributed by atoms with Crippen molar-refractivity contribution in [1.29, 1.82) is 0 Å². The van der Waals surface area contributed by atoms with Crippen LogP contribution in [0.3, 0.4) is 0 Å². The fourth-order valence-electron chi connectivity index (χ4n) is 3.95. The quantitative estimate of drug-likeness (QED) is 0.435. The van der Waals surface area contributed by atoms with E-state index in [-0.39, 0.29) is 23.5 Å². The van der Waals surface area contributed by atoms with Crippen LogP contribution in [-0.2, 0) is 9.53 Å². The van der Waals surface area contributed by atoms with Crippen LogP contribution in [0.1, 0.15) is 31.0 Å². The number of benzene rings is 2. The molecule has 1 atom stereocenters. The zero-order valence-electron chi connectivity index (χ0n) is 19.8. The molecule has 2 aromatic carbocycles. The number of ether oxygens (including phenoxy) is 3. The Hall–Kier alpha value is -3.08. The van der Waals surface area contributed by atoms with Gasteiger partial charge in [-0.1, -0.05) is 38.9 Å². The zero-order valence-corrected chi connectivity index (χ0v) is 23.0. The van der Waals surface area contributed by atoms with Crippen LogP contribution in [0, 0.1) is 0 Å². The number of esters is 1. The Morgan fingerprint density at radius 1 is 1.25 bits per heavy atom. The minimum atomic E-state index is -0.857. The van der Waals surface area contributed by atoms with Gasteiger partial charge in [0.1, 0.15) is 5.75 Å². The van der Waals surface area contributed by atoms with Crippen molar-refractivity contribution in [2.24, 2.45) is 4.99 Å². The average molecular weight is 594 g/mol. The summed E-state index contributed by atoms with van der Waals surface area (Å²) in [5.41, 5.74) is 1.24. The molecule has 0 bridgehead atoms. The largest absolute Gasteiger partial charge is 0.507 e. The van der Waals surface area contributed by atoms with E-state index in [1.165, 1.54) is 24.9 Å². The van der Waals surface area contributed by atoms with Gasteiger partial charge in [-0.05, 0) is 55.8 Å². The molecule has 1 aliphatic heterocycles. The average Bonchev–Trinajstić information content (AvgIpc) is 3.14. The van der Waals surface area contributed by atoms with Crippen molar-refractivity contribution in [3.63, 3.8) is 0 Å². The second-order valence-electron chi connectivity index (χ2n) is 7.73. The number of nitrogens with zero attached hydrogens (tertiary/aromatic N) is 2. The van der Waals surface area contributed by atoms with Crippen LogP contribution in [0.2, 0.25) is 5.02 Å². The van der Waals surface area contributed by atoms with Crippen LogP contribution in [0.5, 0.6) is 17.2 Å². The van der Waals surface area contributed by atoms with Gasteiger partial charge in [-0.15, -0.1) is 0 Å². The summed E-state index contributed by atoms with van der Waals surface area (Å²) in [5.74, 6) is 0.315. The fraction of sp³-hybridized carbons (Fsp3) is 0.240. The number of hydrogen-bond donors (Lipinski definition) is 1. The van der Waals surface area contributed by atoms with E-state index in [1.54, 1.807) is 44.2 Å². The number of thiazole rings is 1. The van der Waals surface area contributed by atoms with Crippen LogP contribution in [0.15, 0.2) is 55.9 Å². The number of methoxy groups -OCH3 is 2. The van der Waals surface area contributed by atoms with Gasteiger partial charge in [-0.3, -0.25) is 9.36 Å². The first-order chi connectivity index (χ1) is 17.2. The lowest BCUT2D eigenvalue weighted by atomic mass is 9.95. The van der Waals surface area contributed by atoms with Crippen molar-refractivity contribution in [3.8, 4) is 17.2 Å². The summed E-state index contributed by atoms with van der Waals surface area (Å²) in [5, 5.41) is 10.7. The standard InChI is InChI=1S/C25H22BrClN2O6S/c1-5-35-24(32)21-12(2)28-25-29(22(21)15-10-18(33-3)19(34-4)11-16(15)26)23(31)20(36-25)9-13-8-14(27)6-7-17(13)30/h6-11,22,30H,5H2,1-4H3/b20-9+/t22-/m1/s1. The number of phenolic OH excluding ortho intramolecular Hbond substituents is 1. The zero-order chi connectivity index (χ0) is 26.1. The summed E-state index contributed by atoms with van der Waals surface area (Å²) < 4.78 is 18.6. The lowest BCUT2D eigenvalue weighted by molar-refractivity contribution is -0.139. The van der Waals surface area contributed by atoms with Gasteiger partial charge in [-0.25, -0.2) is 9.79 Å². The van der Waals surface area contributed by atoms with E-state index in [0.29, 0.717) is 47.2 Å². The van der Waals surface area contributed by atoms with E-state index in [0.717, 1.165) is 11.3 Å². The summed E-state index contributed by atoms with van der Waals surface area (Å²) >= 11 is 10.8. The molecule has 0 amide bonds. The minimum Gasteiger partial charge on any atom is -0.507 e. The van der Waals surface area contributed by atoms with Crippen molar-refractivity contribution in [3.05, 3.63) is 81.9 Å². The summed E-state index contributed by atoms with van der Waals surface area (Å²) in [7, 11) is 3.03. The number of aromatic nitrogens is 1. The third kappa shape index (κ3) is 4.68. The summed E-state index contributed by atoms with van der Waals surface area (Å²) in [6.45, 7) is 3.57. The highest BCUT2D eigenvalue weighted by atomic mass is 79.9. The number of aromatic hydroxyl groups is 1. The molecule has 0 radical (unpaired) electrons. The van der Waals surface area contributed by atoms with Crippen molar-refractivity contribution >= 4 is 50.9 Å². The number of halogens is 2. The Kier molecular flexibility index (Phi) is 7.58. The number of fused-ring (bicyclic) bond motifs is 1. The number of phenols is 1. The van der Waals surface area contributed by atoms with E-state index in [9.17, 15) is 14.7 Å². The van der Waals surface area contributed by atoms with Crippen LogP contribution in [0.4, 0.5) is 0 Å². The fourth-order valence-corrected chi connectivity index (χ4v) is 5.70. The van der Waals surface area contributed by atoms with Crippen LogP contribution in [-0.4, -0.2) is 36.5 Å². The Morgan fingerprint density at radius 2 is 1.94 bits per heavy atom. The maximum absolute atomic E-state index is 13.7. The molecule has 4 rings (SSSR count). The first-order valence-corrected chi connectivity index (χ1v) is 12.8. The van der Waals surface area contributed by atoms with Gasteiger partial charge in [0.15, 0.2) is 16.3 Å². The summed E-state index contributed by atoms with van der Waals surface area (Å²) in [6.07, 6.45) is 1.55. The third-order valence-electron chi connectivity index (χ3n) is 5.59. The Morgan fingerprint density at radius 3 is 2.61 bits per heavy atom. The lowest BCUT2D eigenvalue weighted by Gasteiger charge is -2.26. The van der Waals surface area contributed by atoms with E-state index >= 15 is 0 Å². The number of rotatable bonds is 6. The Labute approximate surface area is 223 Å². The summed E-state index contributed by atoms with van der Waals surface area (Å²) in [6, 6.07) is 7.14. The molecule has 1 aliphatic rings. The molecule has 1 aromatic heterocycles. The van der Waals surface area contributed by atoms with Crippen molar-refractivity contribution in [2.45, 2.75) is 19.9 Å². The third-order valence-corrected chi connectivity index (χ3v) is 7.50. The molecule has 0 unspecified atom stereocenters. The van der Waals surface area contributed by atoms with E-state index < -0.39 is 12.0 Å². The van der Waals surface area contributed by atoms with Gasteiger partial charge in [-0.2, -0.15) is 0 Å². The second-order valence-corrected chi connectivity index (χ2v) is 10.0. The van der Waals surface area contributed by atoms with Crippen molar-refractivity contribution in [1.82, 2.24) is 4.57 Å². The SMILES string of the molecule is CCOC(=O)C1=C(C)N=c2s/c(=C/c3cc(Cl)ccc3O)c(=O)n2[C@@H]1c1cc(OC)c(OC)cc1Br. The molecule has 0 fully saturated rings. The van der Waals surface area contributed by atoms with E-state index in [2.05, 4.69) is 20.9 Å². The van der Waals surface area contributed by atoms with Gasteiger partial charge in [0.25, 0.3) is 5.56 Å². The molecule has 0 saturated carbocycles. The second kappa shape index (κ2) is 10.5. The lowest BCUT2D eigenvalue weighted by Crippen LogP contribution is -2.40. The van der Waals surface area contributed by atoms with Gasteiger partial charge < -0.3 is 19.3 Å². The van der Waals surface area contributed by atoms with Crippen LogP contribution < -0.4 is 24.4 Å². The van der Waals surface area contributed by atoms with Gasteiger partial charge >= 0.3 is 5.97 Å².